The number of hydrogen-bond acceptors (Lipinski definition) is 5. The summed E-state index contributed by atoms with van der Waals surface area (Å²) >= 11 is 0. The summed E-state index contributed by atoms with van der Waals surface area (Å²) in [6.45, 7) is 9.03. The summed E-state index contributed by atoms with van der Waals surface area (Å²) < 4.78 is 5.35. The fourth-order valence-electron chi connectivity index (χ4n) is 4.24. The molecule has 7 nitrogen and oxygen atoms in total. The smallest absolute Gasteiger partial charge is 0.228 e. The van der Waals surface area contributed by atoms with Gasteiger partial charge in [0.1, 0.15) is 0 Å². The van der Waals surface area contributed by atoms with E-state index in [-0.39, 0.29) is 48.6 Å². The lowest BCUT2D eigenvalue weighted by Gasteiger charge is -2.39. The number of amides is 2. The van der Waals surface area contributed by atoms with E-state index >= 15 is 0 Å². The van der Waals surface area contributed by atoms with Crippen molar-refractivity contribution >= 4 is 36.6 Å². The Balaban J connectivity index is 0.00000182. The zero-order valence-corrected chi connectivity index (χ0v) is 17.8. The number of ether oxygens (including phenoxy) is 1. The Morgan fingerprint density at radius 3 is 2.56 bits per heavy atom. The largest absolute Gasteiger partial charge is 0.379 e. The molecule has 3 aliphatic heterocycles. The fraction of sp³-hybridized carbons (Fsp3) is 0.889. The monoisotopic (exact) mass is 424 g/mol. The highest BCUT2D eigenvalue weighted by Gasteiger charge is 2.39. The molecule has 0 aliphatic carbocycles. The van der Waals surface area contributed by atoms with Gasteiger partial charge in [-0.15, -0.1) is 24.8 Å². The minimum atomic E-state index is -0.195. The zero-order chi connectivity index (χ0) is 17.8. The highest BCUT2D eigenvalue weighted by Crippen LogP contribution is 2.27. The Kier molecular flexibility index (Phi) is 10.3. The average Bonchev–Trinajstić information content (AvgIpc) is 3.01. The molecule has 0 spiro atoms. The number of carbonyl (C=O) groups excluding carboxylic acids is 2. The molecule has 3 heterocycles. The minimum absolute atomic E-state index is 0. The molecule has 3 unspecified atom stereocenters. The van der Waals surface area contributed by atoms with Crippen molar-refractivity contribution in [3.05, 3.63) is 0 Å². The van der Waals surface area contributed by atoms with Crippen LogP contribution in [0.5, 0.6) is 0 Å². The van der Waals surface area contributed by atoms with Gasteiger partial charge in [-0.1, -0.05) is 6.92 Å². The molecule has 0 bridgehead atoms. The van der Waals surface area contributed by atoms with E-state index in [2.05, 4.69) is 11.8 Å². The van der Waals surface area contributed by atoms with Gasteiger partial charge in [0.25, 0.3) is 0 Å². The zero-order valence-electron chi connectivity index (χ0n) is 16.2. The van der Waals surface area contributed by atoms with Crippen LogP contribution in [0.1, 0.15) is 26.2 Å². The number of rotatable bonds is 5. The second-order valence-electron chi connectivity index (χ2n) is 7.75. The molecule has 3 rings (SSSR count). The van der Waals surface area contributed by atoms with E-state index in [0.29, 0.717) is 32.0 Å². The Bertz CT molecular complexity index is 491. The third-order valence-corrected chi connectivity index (χ3v) is 5.89. The first kappa shape index (κ1) is 24.4. The summed E-state index contributed by atoms with van der Waals surface area (Å²) in [5.41, 5.74) is 5.89. The highest BCUT2D eigenvalue weighted by atomic mass is 35.5. The number of hydrogen-bond donors (Lipinski definition) is 1. The van der Waals surface area contributed by atoms with E-state index in [4.69, 9.17) is 10.5 Å². The molecule has 3 aliphatic rings. The summed E-state index contributed by atoms with van der Waals surface area (Å²) in [6.07, 6.45) is 2.36. The molecule has 27 heavy (non-hydrogen) atoms. The predicted molar refractivity (Wildman–Crippen MR) is 109 cm³/mol. The van der Waals surface area contributed by atoms with Crippen LogP contribution < -0.4 is 5.73 Å². The van der Waals surface area contributed by atoms with Crippen LogP contribution in [0.25, 0.3) is 0 Å². The lowest BCUT2D eigenvalue weighted by molar-refractivity contribution is -0.139. The molecular weight excluding hydrogens is 391 g/mol. The van der Waals surface area contributed by atoms with Crippen molar-refractivity contribution in [2.75, 3.05) is 59.0 Å². The van der Waals surface area contributed by atoms with Gasteiger partial charge in [0.05, 0.1) is 19.1 Å². The van der Waals surface area contributed by atoms with Gasteiger partial charge < -0.3 is 20.3 Å². The number of morpholine rings is 1. The van der Waals surface area contributed by atoms with Crippen LogP contribution in [0, 0.1) is 11.8 Å². The van der Waals surface area contributed by atoms with Gasteiger partial charge in [-0.2, -0.15) is 0 Å². The van der Waals surface area contributed by atoms with Crippen LogP contribution in [0.2, 0.25) is 0 Å². The van der Waals surface area contributed by atoms with Gasteiger partial charge in [0.15, 0.2) is 0 Å². The van der Waals surface area contributed by atoms with Crippen molar-refractivity contribution in [1.82, 2.24) is 14.7 Å². The van der Waals surface area contributed by atoms with E-state index in [1.54, 1.807) is 0 Å². The van der Waals surface area contributed by atoms with Crippen molar-refractivity contribution in [2.24, 2.45) is 17.6 Å². The van der Waals surface area contributed by atoms with Crippen molar-refractivity contribution < 1.29 is 14.3 Å². The Labute approximate surface area is 174 Å². The van der Waals surface area contributed by atoms with Gasteiger partial charge in [-0.3, -0.25) is 14.5 Å². The molecule has 0 saturated carbocycles. The second kappa shape index (κ2) is 11.4. The number of nitrogens with two attached hydrogens (primary N) is 1. The van der Waals surface area contributed by atoms with Gasteiger partial charge in [0.2, 0.25) is 11.8 Å². The van der Waals surface area contributed by atoms with E-state index in [1.165, 1.54) is 0 Å². The predicted octanol–water partition coefficient (Wildman–Crippen LogP) is 0.597. The van der Waals surface area contributed by atoms with Gasteiger partial charge in [-0.05, 0) is 18.8 Å². The Morgan fingerprint density at radius 2 is 1.89 bits per heavy atom. The summed E-state index contributed by atoms with van der Waals surface area (Å²) in [6, 6.07) is 0.133. The van der Waals surface area contributed by atoms with Gasteiger partial charge in [0, 0.05) is 58.3 Å². The molecule has 158 valence electrons. The van der Waals surface area contributed by atoms with Crippen LogP contribution in [0.4, 0.5) is 0 Å². The van der Waals surface area contributed by atoms with Gasteiger partial charge in [-0.25, -0.2) is 0 Å². The highest BCUT2D eigenvalue weighted by molar-refractivity contribution is 5.89. The number of carbonyl (C=O) groups is 2. The average molecular weight is 425 g/mol. The van der Waals surface area contributed by atoms with Gasteiger partial charge >= 0.3 is 0 Å². The van der Waals surface area contributed by atoms with Crippen LogP contribution in [0.15, 0.2) is 0 Å². The number of nitrogens with zero attached hydrogens (tertiary/aromatic N) is 3. The molecule has 0 aromatic carbocycles. The van der Waals surface area contributed by atoms with Crippen LogP contribution >= 0.6 is 24.8 Å². The molecule has 9 heteroatoms. The quantitative estimate of drug-likeness (QED) is 0.698. The fourth-order valence-corrected chi connectivity index (χ4v) is 4.24. The minimum Gasteiger partial charge on any atom is -0.379 e. The molecule has 3 fully saturated rings. The van der Waals surface area contributed by atoms with Crippen molar-refractivity contribution in [3.63, 3.8) is 0 Å². The van der Waals surface area contributed by atoms with E-state index in [9.17, 15) is 9.59 Å². The Morgan fingerprint density at radius 1 is 1.19 bits per heavy atom. The van der Waals surface area contributed by atoms with Crippen molar-refractivity contribution in [1.29, 1.82) is 0 Å². The second-order valence-corrected chi connectivity index (χ2v) is 7.75. The lowest BCUT2D eigenvalue weighted by Crippen LogP contribution is -2.51. The maximum atomic E-state index is 12.9. The Hall–Kier alpha value is -0.600. The molecule has 0 aromatic heterocycles. The maximum Gasteiger partial charge on any atom is 0.228 e. The summed E-state index contributed by atoms with van der Waals surface area (Å²) in [4.78, 5) is 31.4. The molecule has 2 amide bonds. The molecule has 3 saturated heterocycles. The molecule has 2 N–H and O–H groups in total. The number of likely N-dealkylation sites (tertiary alicyclic amines) is 2. The molecule has 3 atom stereocenters. The third-order valence-electron chi connectivity index (χ3n) is 5.89. The first-order valence-electron chi connectivity index (χ1n) is 9.67. The van der Waals surface area contributed by atoms with Crippen molar-refractivity contribution in [2.45, 2.75) is 32.2 Å². The lowest BCUT2D eigenvalue weighted by atomic mass is 9.91. The summed E-state index contributed by atoms with van der Waals surface area (Å²) in [7, 11) is 0. The standard InChI is InChI=1S/C18H32N4O3.2ClH/c1-14-2-3-22(16(10-14)12-19)18(24)15-11-17(23)21(13-15)5-4-20-6-8-25-9-7-20;;/h14-16H,2-13,19H2,1H3;2*1H. The van der Waals surface area contributed by atoms with Crippen LogP contribution in [-0.4, -0.2) is 91.6 Å². The normalized spacial score (nSPS) is 29.3. The summed E-state index contributed by atoms with van der Waals surface area (Å²) in [5.74, 6) is 0.665. The molecular formula is C18H34Cl2N4O3. The van der Waals surface area contributed by atoms with E-state index in [0.717, 1.165) is 52.2 Å². The van der Waals surface area contributed by atoms with Crippen LogP contribution in [0.3, 0.4) is 0 Å². The van der Waals surface area contributed by atoms with E-state index in [1.807, 2.05) is 9.80 Å². The van der Waals surface area contributed by atoms with Crippen molar-refractivity contribution in [3.8, 4) is 0 Å². The third kappa shape index (κ3) is 6.19. The topological polar surface area (TPSA) is 79.1 Å². The molecule has 0 radical (unpaired) electrons. The first-order chi connectivity index (χ1) is 12.1. The number of piperidine rings is 1. The SMILES string of the molecule is CC1CCN(C(=O)C2CC(=O)N(CCN3CCOCC3)C2)C(CN)C1.Cl.Cl. The number of halogens is 2. The van der Waals surface area contributed by atoms with E-state index < -0.39 is 0 Å². The van der Waals surface area contributed by atoms with Crippen LogP contribution in [-0.2, 0) is 14.3 Å². The molecule has 0 aromatic rings. The summed E-state index contributed by atoms with van der Waals surface area (Å²) in [5, 5.41) is 0. The maximum absolute atomic E-state index is 12.9. The first-order valence-corrected chi connectivity index (χ1v) is 9.67.